The lowest BCUT2D eigenvalue weighted by molar-refractivity contribution is -0.123. The minimum Gasteiger partial charge on any atom is -0.482 e. The molecule has 1 saturated carbocycles. The van der Waals surface area contributed by atoms with E-state index < -0.39 is 5.97 Å². The molecule has 1 aliphatic rings. The molecule has 2 aromatic rings. The summed E-state index contributed by atoms with van der Waals surface area (Å²) in [4.78, 5) is 23.4. The second kappa shape index (κ2) is 6.28. The normalized spacial score (nSPS) is 15.2. The van der Waals surface area contributed by atoms with E-state index >= 15 is 0 Å². The van der Waals surface area contributed by atoms with Gasteiger partial charge in [0.1, 0.15) is 11.3 Å². The van der Waals surface area contributed by atoms with Crippen LogP contribution in [0.5, 0.6) is 5.75 Å². The van der Waals surface area contributed by atoms with Crippen LogP contribution in [-0.4, -0.2) is 29.6 Å². The number of ether oxygens (including phenoxy) is 1. The molecule has 120 valence electrons. The van der Waals surface area contributed by atoms with Crippen LogP contribution in [0.1, 0.15) is 30.1 Å². The average molecular weight is 313 g/mol. The van der Waals surface area contributed by atoms with Gasteiger partial charge in [0.2, 0.25) is 0 Å². The molecule has 0 saturated heterocycles. The van der Waals surface area contributed by atoms with Crippen LogP contribution >= 0.6 is 0 Å². The molecule has 0 heterocycles. The number of nitrogens with one attached hydrogen (secondary N) is 1. The predicted octanol–water partition coefficient (Wildman–Crippen LogP) is 2.83. The van der Waals surface area contributed by atoms with Crippen molar-refractivity contribution in [1.29, 1.82) is 0 Å². The summed E-state index contributed by atoms with van der Waals surface area (Å²) < 4.78 is 5.58. The molecule has 0 aliphatic heterocycles. The third-order valence-electron chi connectivity index (χ3n) is 4.18. The first-order valence-electron chi connectivity index (χ1n) is 7.73. The lowest BCUT2D eigenvalue weighted by Gasteiger charge is -2.15. The molecule has 2 aromatic carbocycles. The number of carbonyl (C=O) groups is 2. The Hall–Kier alpha value is -2.56. The SMILES string of the molecule is C[C@@H](NC(=O)COc1c(C(=O)O)ccc2ccccc12)C1CC1. The summed E-state index contributed by atoms with van der Waals surface area (Å²) in [5.74, 6) is -0.498. The molecule has 2 N–H and O–H groups in total. The zero-order chi connectivity index (χ0) is 16.4. The number of aromatic carboxylic acids is 1. The molecule has 0 spiro atoms. The van der Waals surface area contributed by atoms with E-state index in [1.165, 1.54) is 6.07 Å². The summed E-state index contributed by atoms with van der Waals surface area (Å²) in [7, 11) is 0. The third kappa shape index (κ3) is 3.44. The van der Waals surface area contributed by atoms with Gasteiger partial charge in [-0.25, -0.2) is 4.79 Å². The quantitative estimate of drug-likeness (QED) is 0.860. The molecular formula is C18H19NO4. The van der Waals surface area contributed by atoms with Crippen LogP contribution in [0.2, 0.25) is 0 Å². The minimum absolute atomic E-state index is 0.0618. The summed E-state index contributed by atoms with van der Waals surface area (Å²) in [5, 5.41) is 13.8. The molecule has 1 fully saturated rings. The fraction of sp³-hybridized carbons (Fsp3) is 0.333. The van der Waals surface area contributed by atoms with Gasteiger partial charge in [0.05, 0.1) is 0 Å². The van der Waals surface area contributed by atoms with Gasteiger partial charge in [-0.1, -0.05) is 30.3 Å². The highest BCUT2D eigenvalue weighted by atomic mass is 16.5. The number of carboxylic acids is 1. The second-order valence-corrected chi connectivity index (χ2v) is 5.95. The van der Waals surface area contributed by atoms with Crippen LogP contribution in [0.4, 0.5) is 0 Å². The number of carboxylic acid groups (broad SMARTS) is 1. The van der Waals surface area contributed by atoms with Crippen molar-refractivity contribution >= 4 is 22.6 Å². The molecular weight excluding hydrogens is 294 g/mol. The van der Waals surface area contributed by atoms with Crippen molar-refractivity contribution in [3.05, 3.63) is 42.0 Å². The van der Waals surface area contributed by atoms with Crippen molar-refractivity contribution in [3.63, 3.8) is 0 Å². The molecule has 1 amide bonds. The van der Waals surface area contributed by atoms with Crippen molar-refractivity contribution < 1.29 is 19.4 Å². The van der Waals surface area contributed by atoms with E-state index in [-0.39, 0.29) is 29.9 Å². The molecule has 23 heavy (non-hydrogen) atoms. The van der Waals surface area contributed by atoms with E-state index in [1.807, 2.05) is 25.1 Å². The molecule has 5 heteroatoms. The Labute approximate surface area is 134 Å². The third-order valence-corrected chi connectivity index (χ3v) is 4.18. The lowest BCUT2D eigenvalue weighted by atomic mass is 10.1. The Morgan fingerprint density at radius 2 is 2.00 bits per heavy atom. The van der Waals surface area contributed by atoms with E-state index in [1.54, 1.807) is 12.1 Å². The monoisotopic (exact) mass is 313 g/mol. The topological polar surface area (TPSA) is 75.6 Å². The number of amides is 1. The van der Waals surface area contributed by atoms with E-state index in [0.717, 1.165) is 18.2 Å². The van der Waals surface area contributed by atoms with Crippen molar-refractivity contribution in [2.45, 2.75) is 25.8 Å². The smallest absolute Gasteiger partial charge is 0.339 e. The maximum atomic E-state index is 12.0. The number of fused-ring (bicyclic) bond motifs is 1. The minimum atomic E-state index is -1.07. The number of rotatable bonds is 6. The van der Waals surface area contributed by atoms with E-state index in [9.17, 15) is 14.7 Å². The summed E-state index contributed by atoms with van der Waals surface area (Å²) >= 11 is 0. The van der Waals surface area contributed by atoms with E-state index in [0.29, 0.717) is 11.3 Å². The molecule has 0 bridgehead atoms. The van der Waals surface area contributed by atoms with Gasteiger partial charge in [-0.15, -0.1) is 0 Å². The van der Waals surface area contributed by atoms with Gasteiger partial charge in [-0.05, 0) is 37.1 Å². The lowest BCUT2D eigenvalue weighted by Crippen LogP contribution is -2.37. The van der Waals surface area contributed by atoms with Gasteiger partial charge in [-0.2, -0.15) is 0 Å². The number of carbonyl (C=O) groups excluding carboxylic acids is 1. The van der Waals surface area contributed by atoms with Crippen LogP contribution in [0.3, 0.4) is 0 Å². The predicted molar refractivity (Wildman–Crippen MR) is 86.7 cm³/mol. The number of hydrogen-bond acceptors (Lipinski definition) is 3. The average Bonchev–Trinajstić information content (AvgIpc) is 3.37. The standard InChI is InChI=1S/C18H19NO4/c1-11(12-6-7-12)19-16(20)10-23-17-14-5-3-2-4-13(14)8-9-15(17)18(21)22/h2-5,8-9,11-12H,6-7,10H2,1H3,(H,19,20)(H,21,22)/t11-/m1/s1. The summed E-state index contributed by atoms with van der Waals surface area (Å²) in [5.41, 5.74) is 0.0618. The van der Waals surface area contributed by atoms with Gasteiger partial charge in [0, 0.05) is 11.4 Å². The molecule has 0 radical (unpaired) electrons. The van der Waals surface area contributed by atoms with Crippen molar-refractivity contribution in [2.75, 3.05) is 6.61 Å². The highest BCUT2D eigenvalue weighted by molar-refractivity contribution is 6.00. The maximum Gasteiger partial charge on any atom is 0.339 e. The van der Waals surface area contributed by atoms with Crippen LogP contribution in [0.15, 0.2) is 36.4 Å². The fourth-order valence-corrected chi connectivity index (χ4v) is 2.71. The summed E-state index contributed by atoms with van der Waals surface area (Å²) in [6.45, 7) is 1.79. The summed E-state index contributed by atoms with van der Waals surface area (Å²) in [6.07, 6.45) is 2.30. The zero-order valence-corrected chi connectivity index (χ0v) is 12.9. The van der Waals surface area contributed by atoms with Crippen LogP contribution in [0, 0.1) is 5.92 Å². The summed E-state index contributed by atoms with van der Waals surface area (Å²) in [6, 6.07) is 10.7. The van der Waals surface area contributed by atoms with Crippen molar-refractivity contribution in [2.24, 2.45) is 5.92 Å². The molecule has 1 atom stereocenters. The Morgan fingerprint density at radius 1 is 1.26 bits per heavy atom. The van der Waals surface area contributed by atoms with Gasteiger partial charge >= 0.3 is 5.97 Å². The Kier molecular flexibility index (Phi) is 4.19. The van der Waals surface area contributed by atoms with Crippen LogP contribution < -0.4 is 10.1 Å². The number of hydrogen-bond donors (Lipinski definition) is 2. The highest BCUT2D eigenvalue weighted by Crippen LogP contribution is 2.32. The van der Waals surface area contributed by atoms with E-state index in [4.69, 9.17) is 4.74 Å². The van der Waals surface area contributed by atoms with Gasteiger partial charge in [0.25, 0.3) is 5.91 Å². The van der Waals surface area contributed by atoms with Crippen LogP contribution in [0.25, 0.3) is 10.8 Å². The molecule has 0 aromatic heterocycles. The Morgan fingerprint density at radius 3 is 2.70 bits per heavy atom. The maximum absolute atomic E-state index is 12.0. The first kappa shape index (κ1) is 15.3. The van der Waals surface area contributed by atoms with Gasteiger partial charge in [0.15, 0.2) is 6.61 Å². The molecule has 5 nitrogen and oxygen atoms in total. The van der Waals surface area contributed by atoms with Gasteiger partial charge < -0.3 is 15.2 Å². The zero-order valence-electron chi connectivity index (χ0n) is 12.9. The van der Waals surface area contributed by atoms with Gasteiger partial charge in [-0.3, -0.25) is 4.79 Å². The molecule has 3 rings (SSSR count). The Bertz CT molecular complexity index is 752. The van der Waals surface area contributed by atoms with Crippen molar-refractivity contribution in [3.8, 4) is 5.75 Å². The van der Waals surface area contributed by atoms with E-state index in [2.05, 4.69) is 5.32 Å². The number of benzene rings is 2. The van der Waals surface area contributed by atoms with Crippen LogP contribution in [-0.2, 0) is 4.79 Å². The second-order valence-electron chi connectivity index (χ2n) is 5.95. The first-order chi connectivity index (χ1) is 11.1. The molecule has 0 unspecified atom stereocenters. The van der Waals surface area contributed by atoms with Crippen molar-refractivity contribution in [1.82, 2.24) is 5.32 Å². The Balaban J connectivity index is 1.79. The largest absolute Gasteiger partial charge is 0.482 e. The molecule has 1 aliphatic carbocycles. The fourth-order valence-electron chi connectivity index (χ4n) is 2.71. The first-order valence-corrected chi connectivity index (χ1v) is 7.73. The highest BCUT2D eigenvalue weighted by Gasteiger charge is 2.29.